The number of carbonyl (C=O) groups is 1. The Balaban J connectivity index is 1.79. The molecule has 2 N–H and O–H groups in total. The van der Waals surface area contributed by atoms with Gasteiger partial charge in [0.1, 0.15) is 5.52 Å². The van der Waals surface area contributed by atoms with E-state index in [4.69, 9.17) is 5.73 Å². The minimum absolute atomic E-state index is 0.0623. The van der Waals surface area contributed by atoms with Gasteiger partial charge in [-0.1, -0.05) is 6.07 Å². The fourth-order valence-electron chi connectivity index (χ4n) is 3.00. The number of hydrogen-bond donors (Lipinski definition) is 1. The summed E-state index contributed by atoms with van der Waals surface area (Å²) in [6, 6.07) is 5.59. The van der Waals surface area contributed by atoms with Crippen LogP contribution in [0.1, 0.15) is 29.6 Å². The van der Waals surface area contributed by atoms with Crippen molar-refractivity contribution in [2.24, 2.45) is 11.7 Å². The second kappa shape index (κ2) is 6.18. The van der Waals surface area contributed by atoms with Crippen molar-refractivity contribution >= 4 is 16.9 Å². The number of piperidine rings is 1. The Labute approximate surface area is 124 Å². The fourth-order valence-corrected chi connectivity index (χ4v) is 3.00. The zero-order valence-electron chi connectivity index (χ0n) is 12.0. The summed E-state index contributed by atoms with van der Waals surface area (Å²) in [7, 11) is 0. The first-order valence-corrected chi connectivity index (χ1v) is 7.48. The van der Waals surface area contributed by atoms with Crippen molar-refractivity contribution in [3.05, 3.63) is 36.2 Å². The van der Waals surface area contributed by atoms with Crippen LogP contribution in [-0.2, 0) is 0 Å². The number of hydrogen-bond acceptors (Lipinski definition) is 4. The monoisotopic (exact) mass is 284 g/mol. The van der Waals surface area contributed by atoms with Crippen LogP contribution >= 0.6 is 0 Å². The van der Waals surface area contributed by atoms with Gasteiger partial charge in [-0.15, -0.1) is 0 Å². The molecule has 0 saturated carbocycles. The Morgan fingerprint density at radius 1 is 1.24 bits per heavy atom. The Bertz CT molecular complexity index is 630. The summed E-state index contributed by atoms with van der Waals surface area (Å²) in [5.41, 5.74) is 7.72. The van der Waals surface area contributed by atoms with E-state index in [2.05, 4.69) is 9.97 Å². The molecule has 2 aromatic rings. The predicted molar refractivity (Wildman–Crippen MR) is 81.8 cm³/mol. The van der Waals surface area contributed by atoms with E-state index in [1.807, 2.05) is 23.1 Å². The molecule has 1 aromatic carbocycles. The van der Waals surface area contributed by atoms with Gasteiger partial charge in [0.25, 0.3) is 5.91 Å². The summed E-state index contributed by atoms with van der Waals surface area (Å²) in [5.74, 6) is 0.721. The van der Waals surface area contributed by atoms with Crippen molar-refractivity contribution < 1.29 is 4.79 Å². The Morgan fingerprint density at radius 3 is 2.76 bits per heavy atom. The molecule has 1 aliphatic heterocycles. The molecule has 110 valence electrons. The third-order valence-electron chi connectivity index (χ3n) is 4.21. The van der Waals surface area contributed by atoms with E-state index >= 15 is 0 Å². The average molecular weight is 284 g/mol. The molecule has 0 spiro atoms. The van der Waals surface area contributed by atoms with Gasteiger partial charge >= 0.3 is 0 Å². The number of benzene rings is 1. The molecule has 2 heterocycles. The number of nitrogens with two attached hydrogens (primary N) is 1. The molecule has 1 saturated heterocycles. The smallest absolute Gasteiger partial charge is 0.256 e. The van der Waals surface area contributed by atoms with Gasteiger partial charge in [-0.2, -0.15) is 0 Å². The molecule has 0 bridgehead atoms. The van der Waals surface area contributed by atoms with Gasteiger partial charge in [0.05, 0.1) is 11.1 Å². The number of nitrogens with zero attached hydrogens (tertiary/aromatic N) is 3. The van der Waals surface area contributed by atoms with Crippen LogP contribution < -0.4 is 5.73 Å². The number of amides is 1. The SMILES string of the molecule is NCCC1CCN(C(=O)c2cccc3nccnc23)CC1. The molecular weight excluding hydrogens is 264 g/mol. The molecule has 21 heavy (non-hydrogen) atoms. The molecule has 5 heteroatoms. The number of carbonyl (C=O) groups excluding carboxylic acids is 1. The van der Waals surface area contributed by atoms with Crippen LogP contribution in [0.4, 0.5) is 0 Å². The molecule has 3 rings (SSSR count). The molecule has 1 amide bonds. The summed E-state index contributed by atoms with van der Waals surface area (Å²) in [6.07, 6.45) is 6.42. The van der Waals surface area contributed by atoms with Crippen LogP contribution in [0.5, 0.6) is 0 Å². The van der Waals surface area contributed by atoms with E-state index in [9.17, 15) is 4.79 Å². The summed E-state index contributed by atoms with van der Waals surface area (Å²) in [5, 5.41) is 0. The maximum absolute atomic E-state index is 12.7. The zero-order valence-corrected chi connectivity index (χ0v) is 12.0. The van der Waals surface area contributed by atoms with Gasteiger partial charge in [-0.05, 0) is 43.9 Å². The Hall–Kier alpha value is -2.01. The standard InChI is InChI=1S/C16H20N4O/c17-7-4-12-5-10-20(11-6-12)16(21)13-2-1-3-14-15(13)19-9-8-18-14/h1-3,8-9,12H,4-7,10-11,17H2. The largest absolute Gasteiger partial charge is 0.339 e. The minimum Gasteiger partial charge on any atom is -0.339 e. The molecule has 1 aliphatic rings. The minimum atomic E-state index is 0.0623. The van der Waals surface area contributed by atoms with E-state index in [0.717, 1.165) is 44.4 Å². The van der Waals surface area contributed by atoms with Crippen LogP contribution in [0, 0.1) is 5.92 Å². The highest BCUT2D eigenvalue weighted by atomic mass is 16.2. The van der Waals surface area contributed by atoms with Gasteiger partial charge in [0, 0.05) is 25.5 Å². The van der Waals surface area contributed by atoms with E-state index in [1.165, 1.54) is 0 Å². The normalized spacial score (nSPS) is 16.3. The highest BCUT2D eigenvalue weighted by Gasteiger charge is 2.24. The molecular formula is C16H20N4O. The molecule has 0 unspecified atom stereocenters. The Kier molecular flexibility index (Phi) is 4.10. The van der Waals surface area contributed by atoms with Crippen LogP contribution in [0.3, 0.4) is 0 Å². The van der Waals surface area contributed by atoms with Gasteiger partial charge in [-0.25, -0.2) is 0 Å². The molecule has 1 fully saturated rings. The second-order valence-electron chi connectivity index (χ2n) is 5.54. The lowest BCUT2D eigenvalue weighted by Crippen LogP contribution is -2.39. The Morgan fingerprint density at radius 2 is 2.00 bits per heavy atom. The van der Waals surface area contributed by atoms with Crippen LogP contribution in [0.2, 0.25) is 0 Å². The summed E-state index contributed by atoms with van der Waals surface area (Å²) >= 11 is 0. The first-order chi connectivity index (χ1) is 10.3. The molecule has 1 aromatic heterocycles. The third-order valence-corrected chi connectivity index (χ3v) is 4.21. The van der Waals surface area contributed by atoms with Gasteiger partial charge in [0.15, 0.2) is 0 Å². The maximum atomic E-state index is 12.7. The zero-order chi connectivity index (χ0) is 14.7. The van der Waals surface area contributed by atoms with E-state index in [1.54, 1.807) is 12.4 Å². The highest BCUT2D eigenvalue weighted by molar-refractivity contribution is 6.04. The lowest BCUT2D eigenvalue weighted by molar-refractivity contribution is 0.0689. The van der Waals surface area contributed by atoms with E-state index in [-0.39, 0.29) is 5.91 Å². The molecule has 0 atom stereocenters. The van der Waals surface area contributed by atoms with Gasteiger partial charge in [-0.3, -0.25) is 14.8 Å². The number of para-hydroxylation sites is 1. The van der Waals surface area contributed by atoms with Crippen LogP contribution in [0.25, 0.3) is 11.0 Å². The second-order valence-corrected chi connectivity index (χ2v) is 5.54. The van der Waals surface area contributed by atoms with E-state index < -0.39 is 0 Å². The van der Waals surface area contributed by atoms with Crippen molar-refractivity contribution in [2.75, 3.05) is 19.6 Å². The molecule has 5 nitrogen and oxygen atoms in total. The maximum Gasteiger partial charge on any atom is 0.256 e. The lowest BCUT2D eigenvalue weighted by atomic mass is 9.93. The summed E-state index contributed by atoms with van der Waals surface area (Å²) in [4.78, 5) is 23.2. The first-order valence-electron chi connectivity index (χ1n) is 7.48. The molecule has 0 aliphatic carbocycles. The van der Waals surface area contributed by atoms with Crippen LogP contribution in [0.15, 0.2) is 30.6 Å². The van der Waals surface area contributed by atoms with Crippen molar-refractivity contribution in [1.29, 1.82) is 0 Å². The number of fused-ring (bicyclic) bond motifs is 1. The van der Waals surface area contributed by atoms with Gasteiger partial charge < -0.3 is 10.6 Å². The highest BCUT2D eigenvalue weighted by Crippen LogP contribution is 2.23. The van der Waals surface area contributed by atoms with E-state index in [0.29, 0.717) is 17.0 Å². The van der Waals surface area contributed by atoms with Crippen molar-refractivity contribution in [3.63, 3.8) is 0 Å². The summed E-state index contributed by atoms with van der Waals surface area (Å²) < 4.78 is 0. The predicted octanol–water partition coefficient (Wildman–Crippen LogP) is 1.83. The number of rotatable bonds is 3. The van der Waals surface area contributed by atoms with Crippen LogP contribution in [-0.4, -0.2) is 40.4 Å². The van der Waals surface area contributed by atoms with Crippen molar-refractivity contribution in [3.8, 4) is 0 Å². The first kappa shape index (κ1) is 13.9. The van der Waals surface area contributed by atoms with Crippen molar-refractivity contribution in [1.82, 2.24) is 14.9 Å². The third kappa shape index (κ3) is 2.88. The average Bonchev–Trinajstić information content (AvgIpc) is 2.55. The lowest BCUT2D eigenvalue weighted by Gasteiger charge is -2.32. The fraction of sp³-hybridized carbons (Fsp3) is 0.438. The molecule has 0 radical (unpaired) electrons. The quantitative estimate of drug-likeness (QED) is 0.933. The van der Waals surface area contributed by atoms with Gasteiger partial charge in [0.2, 0.25) is 0 Å². The topological polar surface area (TPSA) is 72.1 Å². The number of likely N-dealkylation sites (tertiary alicyclic amines) is 1. The van der Waals surface area contributed by atoms with Crippen molar-refractivity contribution in [2.45, 2.75) is 19.3 Å². The number of aromatic nitrogens is 2. The summed E-state index contributed by atoms with van der Waals surface area (Å²) in [6.45, 7) is 2.35.